The average molecular weight is 360 g/mol. The average Bonchev–Trinajstić information content (AvgIpc) is 2.70. The molecule has 3 aromatic rings. The number of nitriles is 1. The van der Waals surface area contributed by atoms with Crippen molar-refractivity contribution in [3.63, 3.8) is 0 Å². The third-order valence-electron chi connectivity index (χ3n) is 3.92. The van der Waals surface area contributed by atoms with E-state index in [1.165, 1.54) is 12.1 Å². The first kappa shape index (κ1) is 18.1. The second kappa shape index (κ2) is 8.59. The highest BCUT2D eigenvalue weighted by atomic mass is 19.1. The molecule has 0 spiro atoms. The molecule has 1 aromatic heterocycles. The number of hydrogen-bond donors (Lipinski definition) is 2. The second-order valence-corrected chi connectivity index (χ2v) is 5.88. The van der Waals surface area contributed by atoms with Crippen molar-refractivity contribution in [3.05, 3.63) is 89.5 Å². The number of carbonyl (C=O) groups excluding carboxylic acids is 1. The summed E-state index contributed by atoms with van der Waals surface area (Å²) < 4.78 is 12.9. The summed E-state index contributed by atoms with van der Waals surface area (Å²) in [5, 5.41) is 14.8. The minimum atomic E-state index is -0.332. The van der Waals surface area contributed by atoms with Crippen molar-refractivity contribution in [3.8, 4) is 6.07 Å². The quantitative estimate of drug-likeness (QED) is 0.696. The van der Waals surface area contributed by atoms with E-state index in [0.717, 1.165) is 17.7 Å². The molecule has 0 fully saturated rings. The molecule has 2 aromatic carbocycles. The summed E-state index contributed by atoms with van der Waals surface area (Å²) in [7, 11) is 0. The monoisotopic (exact) mass is 360 g/mol. The minimum Gasteiger partial charge on any atom is -0.385 e. The van der Waals surface area contributed by atoms with Gasteiger partial charge >= 0.3 is 0 Å². The molecule has 6 heteroatoms. The summed E-state index contributed by atoms with van der Waals surface area (Å²) >= 11 is 0. The highest BCUT2D eigenvalue weighted by Crippen LogP contribution is 2.13. The van der Waals surface area contributed by atoms with Crippen molar-refractivity contribution in [1.82, 2.24) is 4.98 Å². The van der Waals surface area contributed by atoms with Crippen molar-refractivity contribution in [2.75, 3.05) is 17.2 Å². The summed E-state index contributed by atoms with van der Waals surface area (Å²) in [5.41, 5.74) is 3.20. The molecular weight excluding hydrogens is 343 g/mol. The first-order valence-electron chi connectivity index (χ1n) is 8.40. The van der Waals surface area contributed by atoms with Crippen molar-refractivity contribution >= 4 is 17.3 Å². The molecule has 0 aliphatic heterocycles. The lowest BCUT2D eigenvalue weighted by atomic mass is 10.1. The molecule has 5 nitrogen and oxygen atoms in total. The molecule has 0 aliphatic rings. The van der Waals surface area contributed by atoms with Crippen LogP contribution in [0.25, 0.3) is 0 Å². The Labute approximate surface area is 156 Å². The van der Waals surface area contributed by atoms with E-state index in [1.807, 2.05) is 6.07 Å². The number of hydrogen-bond acceptors (Lipinski definition) is 4. The SMILES string of the molecule is N#Cc1ccc(NC(=O)c2cc(NCCc3ccc(F)cc3)ccn2)cc1. The molecule has 0 radical (unpaired) electrons. The molecular formula is C21H17FN4O. The minimum absolute atomic E-state index is 0.251. The van der Waals surface area contributed by atoms with Crippen LogP contribution in [0.3, 0.4) is 0 Å². The fourth-order valence-corrected chi connectivity index (χ4v) is 2.49. The molecule has 1 heterocycles. The normalized spacial score (nSPS) is 10.1. The van der Waals surface area contributed by atoms with Crippen LogP contribution in [-0.2, 0) is 6.42 Å². The lowest BCUT2D eigenvalue weighted by Crippen LogP contribution is -2.14. The van der Waals surface area contributed by atoms with Crippen molar-refractivity contribution < 1.29 is 9.18 Å². The van der Waals surface area contributed by atoms with E-state index in [0.29, 0.717) is 17.8 Å². The number of benzene rings is 2. The third-order valence-corrected chi connectivity index (χ3v) is 3.92. The molecule has 0 saturated carbocycles. The zero-order valence-electron chi connectivity index (χ0n) is 14.4. The van der Waals surface area contributed by atoms with E-state index < -0.39 is 0 Å². The van der Waals surface area contributed by atoms with Gasteiger partial charge in [0.2, 0.25) is 0 Å². The number of nitrogens with zero attached hydrogens (tertiary/aromatic N) is 2. The zero-order chi connectivity index (χ0) is 19.1. The Morgan fingerprint density at radius 1 is 1.04 bits per heavy atom. The maximum absolute atomic E-state index is 12.9. The summed E-state index contributed by atoms with van der Waals surface area (Å²) in [6.07, 6.45) is 2.29. The summed E-state index contributed by atoms with van der Waals surface area (Å²) in [6.45, 7) is 0.645. The lowest BCUT2D eigenvalue weighted by molar-refractivity contribution is 0.102. The first-order valence-corrected chi connectivity index (χ1v) is 8.40. The Bertz CT molecular complexity index is 963. The van der Waals surface area contributed by atoms with Gasteiger partial charge in [0.1, 0.15) is 11.5 Å². The Morgan fingerprint density at radius 3 is 2.48 bits per heavy atom. The van der Waals surface area contributed by atoms with Gasteiger partial charge in [0, 0.05) is 24.1 Å². The zero-order valence-corrected chi connectivity index (χ0v) is 14.4. The number of carbonyl (C=O) groups is 1. The molecule has 1 amide bonds. The predicted octanol–water partition coefficient (Wildman–Crippen LogP) is 4.00. The van der Waals surface area contributed by atoms with E-state index in [1.54, 1.807) is 54.7 Å². The molecule has 0 aliphatic carbocycles. The summed E-state index contributed by atoms with van der Waals surface area (Å²) in [5.74, 6) is -0.583. The molecule has 0 saturated heterocycles. The van der Waals surface area contributed by atoms with Crippen molar-refractivity contribution in [2.24, 2.45) is 0 Å². The van der Waals surface area contributed by atoms with Gasteiger partial charge in [0.25, 0.3) is 5.91 Å². The van der Waals surface area contributed by atoms with Gasteiger partial charge in [-0.1, -0.05) is 12.1 Å². The number of pyridine rings is 1. The van der Waals surface area contributed by atoms with Crippen LogP contribution in [0.5, 0.6) is 0 Å². The Kier molecular flexibility index (Phi) is 5.75. The van der Waals surface area contributed by atoms with E-state index in [2.05, 4.69) is 15.6 Å². The third kappa shape index (κ3) is 5.13. The summed E-state index contributed by atoms with van der Waals surface area (Å²) in [6, 6.07) is 18.5. The Hall–Kier alpha value is -3.72. The van der Waals surface area contributed by atoms with E-state index in [-0.39, 0.29) is 17.4 Å². The fourth-order valence-electron chi connectivity index (χ4n) is 2.49. The maximum atomic E-state index is 12.9. The number of amides is 1. The molecule has 0 atom stereocenters. The van der Waals surface area contributed by atoms with Crippen LogP contribution in [0.2, 0.25) is 0 Å². The van der Waals surface area contributed by atoms with Gasteiger partial charge in [0.05, 0.1) is 11.6 Å². The first-order chi connectivity index (χ1) is 13.1. The van der Waals surface area contributed by atoms with Crippen molar-refractivity contribution in [2.45, 2.75) is 6.42 Å². The Balaban J connectivity index is 1.58. The number of nitrogens with one attached hydrogen (secondary N) is 2. The molecule has 0 unspecified atom stereocenters. The van der Waals surface area contributed by atoms with Crippen LogP contribution in [0.15, 0.2) is 66.9 Å². The van der Waals surface area contributed by atoms with Gasteiger partial charge in [-0.3, -0.25) is 9.78 Å². The van der Waals surface area contributed by atoms with Crippen LogP contribution >= 0.6 is 0 Å². The van der Waals surface area contributed by atoms with Gasteiger partial charge in [0.15, 0.2) is 0 Å². The smallest absolute Gasteiger partial charge is 0.274 e. The van der Waals surface area contributed by atoms with Crippen LogP contribution in [0.1, 0.15) is 21.6 Å². The largest absolute Gasteiger partial charge is 0.385 e. The highest BCUT2D eigenvalue weighted by Gasteiger charge is 2.08. The number of halogens is 1. The van der Waals surface area contributed by atoms with Gasteiger partial charge in [-0.25, -0.2) is 4.39 Å². The number of aromatic nitrogens is 1. The molecule has 2 N–H and O–H groups in total. The van der Waals surface area contributed by atoms with Crippen LogP contribution in [0.4, 0.5) is 15.8 Å². The van der Waals surface area contributed by atoms with E-state index in [9.17, 15) is 9.18 Å². The van der Waals surface area contributed by atoms with E-state index >= 15 is 0 Å². The summed E-state index contributed by atoms with van der Waals surface area (Å²) in [4.78, 5) is 16.4. The van der Waals surface area contributed by atoms with Gasteiger partial charge in [-0.15, -0.1) is 0 Å². The molecule has 0 bridgehead atoms. The number of anilines is 2. The van der Waals surface area contributed by atoms with Crippen molar-refractivity contribution in [1.29, 1.82) is 5.26 Å². The van der Waals surface area contributed by atoms with E-state index in [4.69, 9.17) is 5.26 Å². The molecule has 27 heavy (non-hydrogen) atoms. The van der Waals surface area contributed by atoms with Crippen LogP contribution in [-0.4, -0.2) is 17.4 Å². The highest BCUT2D eigenvalue weighted by molar-refractivity contribution is 6.03. The van der Waals surface area contributed by atoms with Gasteiger partial charge < -0.3 is 10.6 Å². The van der Waals surface area contributed by atoms with Gasteiger partial charge in [-0.2, -0.15) is 5.26 Å². The molecule has 134 valence electrons. The topological polar surface area (TPSA) is 77.8 Å². The van der Waals surface area contributed by atoms with Crippen LogP contribution < -0.4 is 10.6 Å². The van der Waals surface area contributed by atoms with Crippen LogP contribution in [0, 0.1) is 17.1 Å². The Morgan fingerprint density at radius 2 is 1.78 bits per heavy atom. The second-order valence-electron chi connectivity index (χ2n) is 5.88. The predicted molar refractivity (Wildman–Crippen MR) is 102 cm³/mol. The molecule has 3 rings (SSSR count). The standard InChI is InChI=1S/C21H17FN4O/c22-17-5-1-15(2-6-17)9-11-24-19-10-12-25-20(13-19)21(27)26-18-7-3-16(14-23)4-8-18/h1-8,10,12-13H,9,11H2,(H,24,25)(H,26,27). The maximum Gasteiger partial charge on any atom is 0.274 e. The number of rotatable bonds is 6. The lowest BCUT2D eigenvalue weighted by Gasteiger charge is -2.09. The fraction of sp³-hybridized carbons (Fsp3) is 0.0952. The van der Waals surface area contributed by atoms with Gasteiger partial charge in [-0.05, 0) is 60.5 Å².